The Morgan fingerprint density at radius 2 is 1.83 bits per heavy atom. The highest BCUT2D eigenvalue weighted by Crippen LogP contribution is 2.39. The fourth-order valence-electron chi connectivity index (χ4n) is 2.24. The summed E-state index contributed by atoms with van der Waals surface area (Å²) in [5.41, 5.74) is 0. The Kier molecular flexibility index (Phi) is 5.45. The molecule has 0 aliphatic heterocycles. The lowest BCUT2D eigenvalue weighted by Gasteiger charge is -2.30. The van der Waals surface area contributed by atoms with Crippen LogP contribution < -0.4 is 0 Å². The maximum absolute atomic E-state index is 10.7. The van der Waals surface area contributed by atoms with E-state index >= 15 is 0 Å². The second-order valence-corrected chi connectivity index (χ2v) is 7.04. The number of thioether (sulfide) groups is 2. The molecular formula is C14H18O2S2. The molecule has 0 amide bonds. The maximum Gasteiger partial charge on any atom is 0.313 e. The highest BCUT2D eigenvalue weighted by atomic mass is 32.2. The summed E-state index contributed by atoms with van der Waals surface area (Å²) in [7, 11) is 0. The van der Waals surface area contributed by atoms with Crippen molar-refractivity contribution in [3.63, 3.8) is 0 Å². The van der Waals surface area contributed by atoms with Gasteiger partial charge in [-0.2, -0.15) is 0 Å². The van der Waals surface area contributed by atoms with Crippen molar-refractivity contribution in [1.29, 1.82) is 0 Å². The van der Waals surface area contributed by atoms with Gasteiger partial charge in [0.15, 0.2) is 0 Å². The summed E-state index contributed by atoms with van der Waals surface area (Å²) in [5, 5.41) is 9.84. The third kappa shape index (κ3) is 4.25. The van der Waals surface area contributed by atoms with Crippen molar-refractivity contribution in [3.8, 4) is 0 Å². The Labute approximate surface area is 117 Å². The highest BCUT2D eigenvalue weighted by Gasteiger charge is 2.26. The van der Waals surface area contributed by atoms with E-state index < -0.39 is 5.97 Å². The zero-order chi connectivity index (χ0) is 12.8. The van der Waals surface area contributed by atoms with E-state index in [-0.39, 0.29) is 5.75 Å². The first-order valence-corrected chi connectivity index (χ1v) is 8.23. The molecule has 2 nitrogen and oxygen atoms in total. The number of hydrogen-bond donors (Lipinski definition) is 1. The number of hydrogen-bond acceptors (Lipinski definition) is 3. The first-order valence-electron chi connectivity index (χ1n) is 6.31. The van der Waals surface area contributed by atoms with Crippen LogP contribution >= 0.6 is 23.5 Å². The van der Waals surface area contributed by atoms with Crippen LogP contribution in [0.3, 0.4) is 0 Å². The van der Waals surface area contributed by atoms with Gasteiger partial charge in [0, 0.05) is 15.4 Å². The van der Waals surface area contributed by atoms with Gasteiger partial charge in [-0.25, -0.2) is 0 Å². The largest absolute Gasteiger partial charge is 0.481 e. The van der Waals surface area contributed by atoms with Gasteiger partial charge in [0.05, 0.1) is 5.75 Å². The van der Waals surface area contributed by atoms with Crippen LogP contribution in [0, 0.1) is 0 Å². The molecule has 0 heterocycles. The molecular weight excluding hydrogens is 264 g/mol. The molecule has 2 atom stereocenters. The number of benzene rings is 1. The van der Waals surface area contributed by atoms with E-state index in [0.717, 1.165) is 6.42 Å². The molecule has 0 saturated heterocycles. The third-order valence-corrected chi connectivity index (χ3v) is 6.08. The van der Waals surface area contributed by atoms with E-state index in [2.05, 4.69) is 24.3 Å². The predicted molar refractivity (Wildman–Crippen MR) is 78.4 cm³/mol. The Balaban J connectivity index is 1.93. The van der Waals surface area contributed by atoms with E-state index in [1.165, 1.54) is 24.2 Å². The lowest BCUT2D eigenvalue weighted by molar-refractivity contribution is -0.133. The van der Waals surface area contributed by atoms with Gasteiger partial charge in [0.2, 0.25) is 0 Å². The smallest absolute Gasteiger partial charge is 0.313 e. The zero-order valence-corrected chi connectivity index (χ0v) is 11.9. The van der Waals surface area contributed by atoms with Gasteiger partial charge in [-0.15, -0.1) is 23.5 Å². The van der Waals surface area contributed by atoms with Crippen molar-refractivity contribution in [2.24, 2.45) is 0 Å². The van der Waals surface area contributed by atoms with Gasteiger partial charge in [0.1, 0.15) is 0 Å². The van der Waals surface area contributed by atoms with Crippen LogP contribution in [-0.2, 0) is 4.79 Å². The van der Waals surface area contributed by atoms with Crippen molar-refractivity contribution in [2.75, 3.05) is 5.75 Å². The summed E-state index contributed by atoms with van der Waals surface area (Å²) < 4.78 is 0. The SMILES string of the molecule is O=C(O)CSC1CCCCC1Sc1ccccc1. The van der Waals surface area contributed by atoms with Crippen LogP contribution in [-0.4, -0.2) is 27.3 Å². The summed E-state index contributed by atoms with van der Waals surface area (Å²) in [6.45, 7) is 0. The highest BCUT2D eigenvalue weighted by molar-refractivity contribution is 8.04. The van der Waals surface area contributed by atoms with Crippen LogP contribution in [0.4, 0.5) is 0 Å². The van der Waals surface area contributed by atoms with Gasteiger partial charge in [-0.1, -0.05) is 31.0 Å². The first kappa shape index (κ1) is 13.8. The Morgan fingerprint density at radius 1 is 1.17 bits per heavy atom. The topological polar surface area (TPSA) is 37.3 Å². The minimum absolute atomic E-state index is 0.233. The van der Waals surface area contributed by atoms with E-state index in [4.69, 9.17) is 5.11 Å². The van der Waals surface area contributed by atoms with E-state index in [9.17, 15) is 4.79 Å². The van der Waals surface area contributed by atoms with Crippen LogP contribution in [0.1, 0.15) is 25.7 Å². The second kappa shape index (κ2) is 7.10. The minimum atomic E-state index is -0.700. The quantitative estimate of drug-likeness (QED) is 0.888. The summed E-state index contributed by atoms with van der Waals surface area (Å²) in [5.74, 6) is -0.467. The number of carbonyl (C=O) groups is 1. The minimum Gasteiger partial charge on any atom is -0.481 e. The molecule has 2 rings (SSSR count). The molecule has 1 saturated carbocycles. The van der Waals surface area contributed by atoms with Crippen LogP contribution in [0.5, 0.6) is 0 Å². The third-order valence-electron chi connectivity index (χ3n) is 3.09. The van der Waals surface area contributed by atoms with Crippen LogP contribution in [0.15, 0.2) is 35.2 Å². The predicted octanol–water partition coefficient (Wildman–Crippen LogP) is 3.91. The van der Waals surface area contributed by atoms with E-state index in [0.29, 0.717) is 10.5 Å². The maximum atomic E-state index is 10.7. The van der Waals surface area contributed by atoms with Crippen molar-refractivity contribution in [1.82, 2.24) is 0 Å². The molecule has 1 aromatic rings. The standard InChI is InChI=1S/C14H18O2S2/c15-14(16)10-17-12-8-4-5-9-13(12)18-11-6-2-1-3-7-11/h1-3,6-7,12-13H,4-5,8-10H2,(H,15,16). The lowest BCUT2D eigenvalue weighted by atomic mass is 10.00. The van der Waals surface area contributed by atoms with Crippen LogP contribution in [0.25, 0.3) is 0 Å². The number of carboxylic acid groups (broad SMARTS) is 1. The summed E-state index contributed by atoms with van der Waals surface area (Å²) in [4.78, 5) is 12.0. The second-order valence-electron chi connectivity index (χ2n) is 4.50. The molecule has 18 heavy (non-hydrogen) atoms. The monoisotopic (exact) mass is 282 g/mol. The molecule has 2 unspecified atom stereocenters. The lowest BCUT2D eigenvalue weighted by Crippen LogP contribution is -2.25. The van der Waals surface area contributed by atoms with Gasteiger partial charge >= 0.3 is 5.97 Å². The number of aliphatic carboxylic acids is 1. The fourth-order valence-corrected chi connectivity index (χ4v) is 4.92. The van der Waals surface area contributed by atoms with Crippen molar-refractivity contribution in [3.05, 3.63) is 30.3 Å². The molecule has 0 radical (unpaired) electrons. The molecule has 0 spiro atoms. The van der Waals surface area contributed by atoms with E-state index in [1.807, 2.05) is 17.8 Å². The molecule has 1 aromatic carbocycles. The van der Waals surface area contributed by atoms with Crippen molar-refractivity contribution in [2.45, 2.75) is 41.1 Å². The van der Waals surface area contributed by atoms with Gasteiger partial charge in [-0.3, -0.25) is 4.79 Å². The summed E-state index contributed by atoms with van der Waals surface area (Å²) in [6, 6.07) is 10.4. The molecule has 1 aliphatic carbocycles. The van der Waals surface area contributed by atoms with Crippen LogP contribution in [0.2, 0.25) is 0 Å². The fraction of sp³-hybridized carbons (Fsp3) is 0.500. The molecule has 4 heteroatoms. The normalized spacial score (nSPS) is 23.8. The Hall–Kier alpha value is -0.610. The molecule has 0 aromatic heterocycles. The summed E-state index contributed by atoms with van der Waals surface area (Å²) >= 11 is 3.52. The molecule has 1 aliphatic rings. The van der Waals surface area contributed by atoms with Crippen molar-refractivity contribution >= 4 is 29.5 Å². The molecule has 0 bridgehead atoms. The average Bonchev–Trinajstić information content (AvgIpc) is 2.39. The zero-order valence-electron chi connectivity index (χ0n) is 10.2. The van der Waals surface area contributed by atoms with E-state index in [1.54, 1.807) is 11.8 Å². The molecule has 1 N–H and O–H groups in total. The van der Waals surface area contributed by atoms with Gasteiger partial charge in [-0.05, 0) is 25.0 Å². The Morgan fingerprint density at radius 3 is 2.50 bits per heavy atom. The number of carboxylic acids is 1. The van der Waals surface area contributed by atoms with Crippen molar-refractivity contribution < 1.29 is 9.90 Å². The Bertz CT molecular complexity index is 381. The first-order chi connectivity index (χ1) is 8.75. The molecule has 98 valence electrons. The van der Waals surface area contributed by atoms with Gasteiger partial charge < -0.3 is 5.11 Å². The van der Waals surface area contributed by atoms with Gasteiger partial charge in [0.25, 0.3) is 0 Å². The average molecular weight is 282 g/mol. The summed E-state index contributed by atoms with van der Waals surface area (Å²) in [6.07, 6.45) is 4.87. The number of rotatable bonds is 5. The molecule has 1 fully saturated rings.